The van der Waals surface area contributed by atoms with Crippen molar-refractivity contribution < 1.29 is 22.0 Å². The van der Waals surface area contributed by atoms with Crippen molar-refractivity contribution in [1.82, 2.24) is 0 Å². The molecule has 0 aliphatic heterocycles. The first kappa shape index (κ1) is 22.7. The zero-order valence-electron chi connectivity index (χ0n) is 17.3. The van der Waals surface area contributed by atoms with Crippen LogP contribution in [0.2, 0.25) is 0 Å². The quantitative estimate of drug-likeness (QED) is 0.343. The minimum Gasteiger partial charge on any atom is -0.206 e. The van der Waals surface area contributed by atoms with Gasteiger partial charge in [-0.05, 0) is 52.8 Å². The van der Waals surface area contributed by atoms with Gasteiger partial charge in [0.05, 0.1) is 0 Å². The minimum absolute atomic E-state index is 0.0330. The van der Waals surface area contributed by atoms with Gasteiger partial charge in [-0.2, -0.15) is 13.2 Å². The van der Waals surface area contributed by atoms with Gasteiger partial charge in [0.25, 0.3) is 0 Å². The smallest absolute Gasteiger partial charge is 0.206 e. The van der Waals surface area contributed by atoms with E-state index in [1.54, 1.807) is 12.1 Å². The summed E-state index contributed by atoms with van der Waals surface area (Å²) >= 11 is 0. The number of halogens is 5. The SMILES string of the molecule is CCCC(C)c1ccc(-c2ccc(-c3ccc(/C=C/C(F)(F)F)c(F)c3)c(F)c2)cc1. The highest BCUT2D eigenvalue weighted by Crippen LogP contribution is 2.31. The second-order valence-corrected chi connectivity index (χ2v) is 7.62. The molecule has 0 aliphatic rings. The molecule has 0 aromatic heterocycles. The molecule has 0 radical (unpaired) electrons. The van der Waals surface area contributed by atoms with E-state index in [4.69, 9.17) is 0 Å². The molecule has 0 aliphatic carbocycles. The van der Waals surface area contributed by atoms with Crippen LogP contribution in [0.4, 0.5) is 22.0 Å². The Morgan fingerprint density at radius 1 is 0.806 bits per heavy atom. The maximum absolute atomic E-state index is 14.8. The van der Waals surface area contributed by atoms with Gasteiger partial charge in [0.2, 0.25) is 0 Å². The Labute approximate surface area is 179 Å². The fourth-order valence-corrected chi connectivity index (χ4v) is 3.55. The molecule has 0 spiro atoms. The highest BCUT2D eigenvalue weighted by atomic mass is 19.4. The van der Waals surface area contributed by atoms with Crippen LogP contribution in [-0.4, -0.2) is 6.18 Å². The average molecular weight is 430 g/mol. The predicted molar refractivity (Wildman–Crippen MR) is 116 cm³/mol. The second-order valence-electron chi connectivity index (χ2n) is 7.62. The van der Waals surface area contributed by atoms with Crippen molar-refractivity contribution in [3.8, 4) is 22.3 Å². The van der Waals surface area contributed by atoms with Crippen LogP contribution in [0.3, 0.4) is 0 Å². The highest BCUT2D eigenvalue weighted by Gasteiger charge is 2.22. The van der Waals surface area contributed by atoms with Gasteiger partial charge in [-0.1, -0.05) is 68.8 Å². The van der Waals surface area contributed by atoms with Gasteiger partial charge in [-0.15, -0.1) is 0 Å². The summed E-state index contributed by atoms with van der Waals surface area (Å²) in [5.74, 6) is -0.917. The molecule has 0 saturated carbocycles. The van der Waals surface area contributed by atoms with Crippen molar-refractivity contribution in [1.29, 1.82) is 0 Å². The first-order valence-electron chi connectivity index (χ1n) is 10.1. The molecule has 3 aromatic carbocycles. The lowest BCUT2D eigenvalue weighted by atomic mass is 9.93. The molecule has 0 fully saturated rings. The molecular formula is C26H23F5. The zero-order valence-corrected chi connectivity index (χ0v) is 17.3. The van der Waals surface area contributed by atoms with Gasteiger partial charge >= 0.3 is 6.18 Å². The summed E-state index contributed by atoms with van der Waals surface area (Å²) in [4.78, 5) is 0. The van der Waals surface area contributed by atoms with Crippen molar-refractivity contribution in [2.45, 2.75) is 38.8 Å². The Balaban J connectivity index is 1.84. The van der Waals surface area contributed by atoms with Crippen molar-refractivity contribution >= 4 is 6.08 Å². The van der Waals surface area contributed by atoms with E-state index < -0.39 is 17.8 Å². The second kappa shape index (κ2) is 9.46. The molecule has 0 bridgehead atoms. The Hall–Kier alpha value is -2.95. The lowest BCUT2D eigenvalue weighted by Crippen LogP contribution is -2.00. The molecule has 0 N–H and O–H groups in total. The normalized spacial score (nSPS) is 13.0. The third-order valence-electron chi connectivity index (χ3n) is 5.27. The van der Waals surface area contributed by atoms with Gasteiger partial charge in [-0.25, -0.2) is 8.78 Å². The molecule has 0 heterocycles. The molecule has 3 aromatic rings. The van der Waals surface area contributed by atoms with Crippen LogP contribution in [0.25, 0.3) is 28.3 Å². The summed E-state index contributed by atoms with van der Waals surface area (Å²) in [5.41, 5.74) is 3.03. The highest BCUT2D eigenvalue weighted by molar-refractivity contribution is 5.72. The van der Waals surface area contributed by atoms with Crippen LogP contribution < -0.4 is 0 Å². The number of rotatable bonds is 6. The van der Waals surface area contributed by atoms with Crippen LogP contribution in [0.1, 0.15) is 43.7 Å². The Morgan fingerprint density at radius 3 is 2.00 bits per heavy atom. The maximum Gasteiger partial charge on any atom is 0.409 e. The summed E-state index contributed by atoms with van der Waals surface area (Å²) in [5, 5.41) is 0. The van der Waals surface area contributed by atoms with E-state index in [1.165, 1.54) is 23.8 Å². The van der Waals surface area contributed by atoms with Crippen molar-refractivity contribution in [2.24, 2.45) is 0 Å². The number of allylic oxidation sites excluding steroid dienone is 1. The first-order valence-corrected chi connectivity index (χ1v) is 10.1. The third kappa shape index (κ3) is 5.81. The van der Waals surface area contributed by atoms with Gasteiger partial charge in [-0.3, -0.25) is 0 Å². The zero-order chi connectivity index (χ0) is 22.6. The molecule has 31 heavy (non-hydrogen) atoms. The Kier molecular flexibility index (Phi) is 6.94. The molecule has 5 heteroatoms. The lowest BCUT2D eigenvalue weighted by Gasteiger charge is -2.12. The maximum atomic E-state index is 14.8. The summed E-state index contributed by atoms with van der Waals surface area (Å²) in [6.45, 7) is 4.32. The van der Waals surface area contributed by atoms with Crippen LogP contribution >= 0.6 is 0 Å². The summed E-state index contributed by atoms with van der Waals surface area (Å²) in [6.07, 6.45) is -1.70. The predicted octanol–water partition coefficient (Wildman–Crippen LogP) is 8.78. The van der Waals surface area contributed by atoms with Crippen LogP contribution in [0.15, 0.2) is 66.7 Å². The fraction of sp³-hybridized carbons (Fsp3) is 0.231. The summed E-state index contributed by atoms with van der Waals surface area (Å²) in [7, 11) is 0. The largest absolute Gasteiger partial charge is 0.409 e. The molecule has 1 atom stereocenters. The molecular weight excluding hydrogens is 407 g/mol. The van der Waals surface area contributed by atoms with Crippen molar-refractivity contribution in [3.05, 3.63) is 89.5 Å². The molecule has 3 rings (SSSR count). The molecule has 0 amide bonds. The number of alkyl halides is 3. The van der Waals surface area contributed by atoms with Crippen LogP contribution in [0, 0.1) is 11.6 Å². The van der Waals surface area contributed by atoms with Crippen LogP contribution in [0.5, 0.6) is 0 Å². The molecule has 0 saturated heterocycles. The minimum atomic E-state index is -4.53. The van der Waals surface area contributed by atoms with E-state index in [9.17, 15) is 22.0 Å². The van der Waals surface area contributed by atoms with Crippen LogP contribution in [-0.2, 0) is 0 Å². The van der Waals surface area contributed by atoms with E-state index in [0.29, 0.717) is 17.6 Å². The van der Waals surface area contributed by atoms with E-state index in [2.05, 4.69) is 13.8 Å². The fourth-order valence-electron chi connectivity index (χ4n) is 3.55. The summed E-state index contributed by atoms with van der Waals surface area (Å²) < 4.78 is 65.8. The number of benzene rings is 3. The number of hydrogen-bond donors (Lipinski definition) is 0. The lowest BCUT2D eigenvalue weighted by molar-refractivity contribution is -0.0790. The average Bonchev–Trinajstić information content (AvgIpc) is 2.72. The van der Waals surface area contributed by atoms with Gasteiger partial charge < -0.3 is 0 Å². The Morgan fingerprint density at radius 2 is 1.42 bits per heavy atom. The van der Waals surface area contributed by atoms with E-state index >= 15 is 0 Å². The van der Waals surface area contributed by atoms with Gasteiger partial charge in [0.1, 0.15) is 11.6 Å². The Bertz CT molecular complexity index is 1060. The van der Waals surface area contributed by atoms with Crippen molar-refractivity contribution in [2.75, 3.05) is 0 Å². The summed E-state index contributed by atoms with van der Waals surface area (Å²) in [6, 6.07) is 16.3. The molecule has 0 nitrogen and oxygen atoms in total. The molecule has 162 valence electrons. The van der Waals surface area contributed by atoms with E-state index in [-0.39, 0.29) is 22.8 Å². The van der Waals surface area contributed by atoms with Crippen molar-refractivity contribution in [3.63, 3.8) is 0 Å². The molecule has 1 unspecified atom stereocenters. The number of hydrogen-bond acceptors (Lipinski definition) is 0. The third-order valence-corrected chi connectivity index (χ3v) is 5.27. The standard InChI is InChI=1S/C26H23F5/c1-3-4-17(2)18-5-7-19(8-6-18)21-11-12-23(25(28)15-21)22-10-9-20(24(27)16-22)13-14-26(29,30)31/h5-17H,3-4H2,1-2H3/b14-13+. The topological polar surface area (TPSA) is 0 Å². The monoisotopic (exact) mass is 430 g/mol. The van der Waals surface area contributed by atoms with E-state index in [1.807, 2.05) is 24.3 Å². The first-order chi connectivity index (χ1) is 14.7. The van der Waals surface area contributed by atoms with Gasteiger partial charge in [0, 0.05) is 17.2 Å². The van der Waals surface area contributed by atoms with E-state index in [0.717, 1.165) is 24.5 Å². The van der Waals surface area contributed by atoms with Gasteiger partial charge in [0.15, 0.2) is 0 Å².